The zero-order valence-electron chi connectivity index (χ0n) is 13.5. The van der Waals surface area contributed by atoms with Gasteiger partial charge in [0, 0.05) is 5.92 Å². The lowest BCUT2D eigenvalue weighted by atomic mass is 9.97. The number of primary sulfonamides is 1. The van der Waals surface area contributed by atoms with Crippen LogP contribution in [0.25, 0.3) is 0 Å². The maximum atomic E-state index is 11.2. The third kappa shape index (κ3) is 6.87. The highest BCUT2D eigenvalue weighted by Gasteiger charge is 2.15. The number of nitrogens with two attached hydrogens (primary N) is 1. The van der Waals surface area contributed by atoms with Crippen molar-refractivity contribution < 1.29 is 18.3 Å². The van der Waals surface area contributed by atoms with E-state index in [4.69, 9.17) is 9.88 Å². The molecule has 126 valence electrons. The second-order valence-electron chi connectivity index (χ2n) is 6.22. The summed E-state index contributed by atoms with van der Waals surface area (Å²) in [6, 6.07) is 6.29. The number of ether oxygens (including phenoxy) is 1. The topological polar surface area (TPSA) is 89.6 Å². The fourth-order valence-electron chi connectivity index (χ4n) is 2.04. The number of benzene rings is 1. The molecule has 1 aromatic carbocycles. The summed E-state index contributed by atoms with van der Waals surface area (Å²) in [7, 11) is -3.65. The van der Waals surface area contributed by atoms with Crippen LogP contribution in [0.15, 0.2) is 29.2 Å². The number of sulfonamides is 1. The van der Waals surface area contributed by atoms with Crippen molar-refractivity contribution in [2.45, 2.75) is 51.2 Å². The van der Waals surface area contributed by atoms with Crippen LogP contribution in [-0.2, 0) is 21.4 Å². The molecule has 0 aromatic heterocycles. The van der Waals surface area contributed by atoms with E-state index in [1.54, 1.807) is 12.1 Å². The van der Waals surface area contributed by atoms with Gasteiger partial charge in [0.1, 0.15) is 0 Å². The Bertz CT molecular complexity index is 540. The molecule has 0 spiro atoms. The third-order valence-corrected chi connectivity index (χ3v) is 4.53. The number of rotatable bonds is 9. The van der Waals surface area contributed by atoms with Gasteiger partial charge in [0.25, 0.3) is 0 Å². The minimum absolute atomic E-state index is 0.0717. The van der Waals surface area contributed by atoms with Gasteiger partial charge in [-0.05, 0) is 36.5 Å². The number of aliphatic hydroxyl groups excluding tert-OH is 1. The van der Waals surface area contributed by atoms with E-state index in [9.17, 15) is 13.5 Å². The third-order valence-electron chi connectivity index (χ3n) is 3.60. The molecule has 0 heterocycles. The first-order valence-electron chi connectivity index (χ1n) is 7.57. The zero-order chi connectivity index (χ0) is 16.8. The minimum atomic E-state index is -3.65. The van der Waals surface area contributed by atoms with Crippen LogP contribution < -0.4 is 5.14 Å². The maximum Gasteiger partial charge on any atom is 0.238 e. The van der Waals surface area contributed by atoms with Crippen LogP contribution in [0.3, 0.4) is 0 Å². The van der Waals surface area contributed by atoms with Crippen molar-refractivity contribution >= 4 is 10.0 Å². The Hall–Kier alpha value is -0.950. The van der Waals surface area contributed by atoms with Gasteiger partial charge in [-0.25, -0.2) is 13.6 Å². The smallest absolute Gasteiger partial charge is 0.238 e. The van der Waals surface area contributed by atoms with Crippen molar-refractivity contribution in [2.24, 2.45) is 17.0 Å². The van der Waals surface area contributed by atoms with Crippen LogP contribution in [0.2, 0.25) is 0 Å². The lowest BCUT2D eigenvalue weighted by Gasteiger charge is -2.19. The van der Waals surface area contributed by atoms with E-state index in [0.717, 1.165) is 18.4 Å². The molecule has 2 atom stereocenters. The minimum Gasteiger partial charge on any atom is -0.393 e. The monoisotopic (exact) mass is 329 g/mol. The van der Waals surface area contributed by atoms with E-state index in [-0.39, 0.29) is 16.9 Å². The molecule has 0 saturated carbocycles. The van der Waals surface area contributed by atoms with E-state index in [1.165, 1.54) is 12.1 Å². The van der Waals surface area contributed by atoms with Crippen LogP contribution in [-0.4, -0.2) is 26.2 Å². The SMILES string of the molecule is CC(C)CC[C@H](O)[C@@H](C)COCc1ccc(S(N)(=O)=O)cc1. The lowest BCUT2D eigenvalue weighted by molar-refractivity contribution is 0.0231. The van der Waals surface area contributed by atoms with Crippen molar-refractivity contribution in [3.63, 3.8) is 0 Å². The summed E-state index contributed by atoms with van der Waals surface area (Å²) in [6.45, 7) is 7.09. The normalized spacial score (nSPS) is 15.0. The Kier molecular flexibility index (Phi) is 7.48. The van der Waals surface area contributed by atoms with Gasteiger partial charge in [-0.2, -0.15) is 0 Å². The average Bonchev–Trinajstić information content (AvgIpc) is 2.44. The number of aliphatic hydroxyl groups is 1. The van der Waals surface area contributed by atoms with Gasteiger partial charge in [0.15, 0.2) is 0 Å². The fourth-order valence-corrected chi connectivity index (χ4v) is 2.55. The quantitative estimate of drug-likeness (QED) is 0.727. The molecule has 0 aliphatic heterocycles. The van der Waals surface area contributed by atoms with Gasteiger partial charge >= 0.3 is 0 Å². The van der Waals surface area contributed by atoms with Crippen molar-refractivity contribution in [2.75, 3.05) is 6.61 Å². The van der Waals surface area contributed by atoms with E-state index < -0.39 is 10.0 Å². The predicted molar refractivity (Wildman–Crippen MR) is 86.7 cm³/mol. The summed E-state index contributed by atoms with van der Waals surface area (Å²) < 4.78 is 27.9. The highest BCUT2D eigenvalue weighted by molar-refractivity contribution is 7.89. The molecule has 0 saturated heterocycles. The van der Waals surface area contributed by atoms with Gasteiger partial charge in [0.05, 0.1) is 24.2 Å². The van der Waals surface area contributed by atoms with E-state index in [2.05, 4.69) is 13.8 Å². The molecule has 6 heteroatoms. The van der Waals surface area contributed by atoms with Crippen LogP contribution in [0.1, 0.15) is 39.2 Å². The largest absolute Gasteiger partial charge is 0.393 e. The molecule has 0 bridgehead atoms. The molecule has 0 aliphatic rings. The second kappa shape index (κ2) is 8.62. The van der Waals surface area contributed by atoms with Gasteiger partial charge < -0.3 is 9.84 Å². The van der Waals surface area contributed by atoms with Crippen LogP contribution >= 0.6 is 0 Å². The van der Waals surface area contributed by atoms with Crippen molar-refractivity contribution in [3.05, 3.63) is 29.8 Å². The Morgan fingerprint density at radius 2 is 1.73 bits per heavy atom. The molecule has 0 fully saturated rings. The van der Waals surface area contributed by atoms with E-state index in [1.807, 2.05) is 6.92 Å². The molecular weight excluding hydrogens is 302 g/mol. The molecule has 5 nitrogen and oxygen atoms in total. The van der Waals surface area contributed by atoms with Crippen molar-refractivity contribution in [1.29, 1.82) is 0 Å². The molecule has 1 aromatic rings. The van der Waals surface area contributed by atoms with Gasteiger partial charge in [-0.3, -0.25) is 0 Å². The summed E-state index contributed by atoms with van der Waals surface area (Å²) in [5, 5.41) is 15.1. The highest BCUT2D eigenvalue weighted by atomic mass is 32.2. The highest BCUT2D eigenvalue weighted by Crippen LogP contribution is 2.15. The second-order valence-corrected chi connectivity index (χ2v) is 7.78. The van der Waals surface area contributed by atoms with Gasteiger partial charge in [-0.1, -0.05) is 32.9 Å². The van der Waals surface area contributed by atoms with Crippen molar-refractivity contribution in [3.8, 4) is 0 Å². The molecule has 0 radical (unpaired) electrons. The summed E-state index contributed by atoms with van der Waals surface area (Å²) in [6.07, 6.45) is 1.43. The van der Waals surface area contributed by atoms with E-state index >= 15 is 0 Å². The van der Waals surface area contributed by atoms with Crippen molar-refractivity contribution in [1.82, 2.24) is 0 Å². The molecule has 0 amide bonds. The Labute approximate surface area is 133 Å². The molecule has 22 heavy (non-hydrogen) atoms. The number of hydrogen-bond donors (Lipinski definition) is 2. The van der Waals surface area contributed by atoms with Crippen LogP contribution in [0, 0.1) is 11.8 Å². The molecule has 3 N–H and O–H groups in total. The maximum absolute atomic E-state index is 11.2. The Morgan fingerprint density at radius 1 is 1.14 bits per heavy atom. The Morgan fingerprint density at radius 3 is 2.23 bits per heavy atom. The van der Waals surface area contributed by atoms with E-state index in [0.29, 0.717) is 19.1 Å². The standard InChI is InChI=1S/C16H27NO4S/c1-12(2)4-9-16(18)13(3)10-21-11-14-5-7-15(8-6-14)22(17,19)20/h5-8,12-13,16,18H,4,9-11H2,1-3H3,(H2,17,19,20)/t13-,16-/m0/s1. The molecular formula is C16H27NO4S. The zero-order valence-corrected chi connectivity index (χ0v) is 14.3. The first-order chi connectivity index (χ1) is 10.2. The Balaban J connectivity index is 2.37. The van der Waals surface area contributed by atoms with Crippen LogP contribution in [0.5, 0.6) is 0 Å². The first kappa shape index (κ1) is 19.1. The summed E-state index contributed by atoms with van der Waals surface area (Å²) in [5.74, 6) is 0.655. The molecule has 0 aliphatic carbocycles. The fraction of sp³-hybridized carbons (Fsp3) is 0.625. The average molecular weight is 329 g/mol. The first-order valence-corrected chi connectivity index (χ1v) is 9.12. The van der Waals surface area contributed by atoms with Gasteiger partial charge in [-0.15, -0.1) is 0 Å². The van der Waals surface area contributed by atoms with Crippen LogP contribution in [0.4, 0.5) is 0 Å². The van der Waals surface area contributed by atoms with Gasteiger partial charge in [0.2, 0.25) is 10.0 Å². The predicted octanol–water partition coefficient (Wildman–Crippen LogP) is 2.28. The summed E-state index contributed by atoms with van der Waals surface area (Å²) in [4.78, 5) is 0.0914. The summed E-state index contributed by atoms with van der Waals surface area (Å²) >= 11 is 0. The number of hydrogen-bond acceptors (Lipinski definition) is 4. The molecule has 1 rings (SSSR count). The summed E-state index contributed by atoms with van der Waals surface area (Å²) in [5.41, 5.74) is 0.872. The molecule has 0 unspecified atom stereocenters. The lowest BCUT2D eigenvalue weighted by Crippen LogP contribution is -2.22.